The molecule has 0 N–H and O–H groups in total. The number of Topliss-reactive ketones (excluding diaryl/α,β-unsaturated/α-hetero) is 1. The highest BCUT2D eigenvalue weighted by Crippen LogP contribution is 2.13. The first-order valence-corrected chi connectivity index (χ1v) is 15.4. The van der Waals surface area contributed by atoms with Crippen molar-refractivity contribution in [3.8, 4) is 0 Å². The second kappa shape index (κ2) is 12.2. The van der Waals surface area contributed by atoms with Crippen LogP contribution in [-0.4, -0.2) is 20.6 Å². The van der Waals surface area contributed by atoms with E-state index in [0.29, 0.717) is 5.92 Å². The van der Waals surface area contributed by atoms with Gasteiger partial charge in [-0.05, 0) is 18.9 Å². The minimum Gasteiger partial charge on any atom is -0.300 e. The number of halogens is 2. The molecule has 1 nitrogen and oxygen atoms in total. The van der Waals surface area contributed by atoms with Crippen molar-refractivity contribution in [3.63, 3.8) is 0 Å². The Labute approximate surface area is 132 Å². The van der Waals surface area contributed by atoms with Crippen LogP contribution in [0.15, 0.2) is 12.7 Å². The van der Waals surface area contributed by atoms with Gasteiger partial charge in [0.15, 0.2) is 7.38 Å². The molecule has 0 aromatic heterocycles. The van der Waals surface area contributed by atoms with E-state index in [4.69, 9.17) is 22.2 Å². The summed E-state index contributed by atoms with van der Waals surface area (Å²) >= 11 is 11.6. The second-order valence-electron chi connectivity index (χ2n) is 6.58. The number of carbonyl (C=O) groups excluding carboxylic acids is 1. The lowest BCUT2D eigenvalue weighted by Crippen LogP contribution is -2.13. The number of carbonyl (C=O) groups is 1. The standard InChI is InChI=1S/C6H12O.C5H11ClSi.C3H9ClSi/c1-5(2)4-6(3)7;1-4-5-7(2,3)6;1-5(2,3)4/h5H,4H2,1-3H3;4H,1,5H2,2-3H3;1-3H3. The third kappa shape index (κ3) is 70.0. The van der Waals surface area contributed by atoms with Crippen molar-refractivity contribution in [1.82, 2.24) is 0 Å². The Morgan fingerprint density at radius 3 is 1.47 bits per heavy atom. The van der Waals surface area contributed by atoms with Gasteiger partial charge in [-0.1, -0.05) is 52.7 Å². The Bertz CT molecular complexity index is 235. The Morgan fingerprint density at radius 1 is 1.16 bits per heavy atom. The van der Waals surface area contributed by atoms with E-state index in [1.54, 1.807) is 6.92 Å². The summed E-state index contributed by atoms with van der Waals surface area (Å²) in [6, 6.07) is 1.01. The summed E-state index contributed by atoms with van der Waals surface area (Å²) in [5.41, 5.74) is 0. The summed E-state index contributed by atoms with van der Waals surface area (Å²) in [4.78, 5) is 10.3. The zero-order chi connectivity index (χ0) is 16.3. The van der Waals surface area contributed by atoms with Gasteiger partial charge in [0.25, 0.3) is 0 Å². The fraction of sp³-hybridized carbons (Fsp3) is 0.786. The Kier molecular flexibility index (Phi) is 15.7. The maximum atomic E-state index is 10.3. The van der Waals surface area contributed by atoms with Crippen LogP contribution in [0.4, 0.5) is 0 Å². The molecule has 0 fully saturated rings. The van der Waals surface area contributed by atoms with Crippen molar-refractivity contribution in [2.45, 2.75) is 66.0 Å². The van der Waals surface area contributed by atoms with Gasteiger partial charge >= 0.3 is 0 Å². The molecule has 0 aromatic rings. The average Bonchev–Trinajstić information content (AvgIpc) is 1.94. The van der Waals surface area contributed by atoms with E-state index < -0.39 is 14.8 Å². The van der Waals surface area contributed by atoms with Gasteiger partial charge in [-0.2, -0.15) is 22.2 Å². The zero-order valence-corrected chi connectivity index (χ0v) is 17.5. The Balaban J connectivity index is -0.000000206. The van der Waals surface area contributed by atoms with Crippen LogP contribution in [-0.2, 0) is 4.79 Å². The molecule has 0 saturated heterocycles. The number of hydrogen-bond donors (Lipinski definition) is 0. The van der Waals surface area contributed by atoms with Gasteiger partial charge in [0.1, 0.15) is 13.2 Å². The largest absolute Gasteiger partial charge is 0.300 e. The molecule has 0 heterocycles. The molecule has 0 aliphatic carbocycles. The quantitative estimate of drug-likeness (QED) is 0.333. The molecule has 0 rings (SSSR count). The van der Waals surface area contributed by atoms with Gasteiger partial charge < -0.3 is 4.79 Å². The molecule has 0 radical (unpaired) electrons. The van der Waals surface area contributed by atoms with E-state index in [-0.39, 0.29) is 5.78 Å². The molecule has 5 heteroatoms. The summed E-state index contributed by atoms with van der Waals surface area (Å²) in [6.45, 7) is 19.8. The molecule has 0 aliphatic heterocycles. The third-order valence-electron chi connectivity index (χ3n) is 1.33. The predicted octanol–water partition coefficient (Wildman–Crippen LogP) is 6.30. The van der Waals surface area contributed by atoms with Crippen LogP contribution < -0.4 is 0 Å². The molecule has 0 bridgehead atoms. The maximum absolute atomic E-state index is 10.3. The maximum Gasteiger partial charge on any atom is 0.154 e. The molecule has 0 amide bonds. The molecule has 0 spiro atoms. The Hall–Kier alpha value is 0.424. The third-order valence-corrected chi connectivity index (χ3v) is 3.05. The van der Waals surface area contributed by atoms with Crippen molar-refractivity contribution < 1.29 is 4.79 Å². The smallest absolute Gasteiger partial charge is 0.154 e. The monoisotopic (exact) mass is 342 g/mol. The molecule has 19 heavy (non-hydrogen) atoms. The van der Waals surface area contributed by atoms with Gasteiger partial charge in [0.2, 0.25) is 0 Å². The van der Waals surface area contributed by atoms with Gasteiger partial charge in [-0.3, -0.25) is 0 Å². The fourth-order valence-corrected chi connectivity index (χ4v) is 1.93. The zero-order valence-electron chi connectivity index (χ0n) is 13.9. The van der Waals surface area contributed by atoms with Gasteiger partial charge in [-0.15, -0.1) is 6.58 Å². The second-order valence-corrected chi connectivity index (χ2v) is 21.0. The summed E-state index contributed by atoms with van der Waals surface area (Å²) in [6.07, 6.45) is 2.61. The molecule has 0 saturated carbocycles. The summed E-state index contributed by atoms with van der Waals surface area (Å²) < 4.78 is 0. The summed E-state index contributed by atoms with van der Waals surface area (Å²) in [5, 5.41) is 0. The average molecular weight is 343 g/mol. The van der Waals surface area contributed by atoms with E-state index >= 15 is 0 Å². The highest BCUT2D eigenvalue weighted by Gasteiger charge is 2.12. The lowest BCUT2D eigenvalue weighted by molar-refractivity contribution is -0.117. The van der Waals surface area contributed by atoms with Gasteiger partial charge in [0, 0.05) is 6.42 Å². The van der Waals surface area contributed by atoms with Gasteiger partial charge in [0.05, 0.1) is 0 Å². The minimum absolute atomic E-state index is 0.287. The van der Waals surface area contributed by atoms with Crippen LogP contribution in [0, 0.1) is 5.92 Å². The topological polar surface area (TPSA) is 17.1 Å². The molecule has 0 unspecified atom stereocenters. The van der Waals surface area contributed by atoms with Crippen LogP contribution in [0.3, 0.4) is 0 Å². The van der Waals surface area contributed by atoms with Crippen molar-refractivity contribution >= 4 is 42.7 Å². The van der Waals surface area contributed by atoms with E-state index in [0.717, 1.165) is 12.5 Å². The number of ketones is 1. The lowest BCUT2D eigenvalue weighted by Gasteiger charge is -2.06. The van der Waals surface area contributed by atoms with E-state index in [2.05, 4.69) is 39.3 Å². The fourth-order valence-electron chi connectivity index (χ4n) is 0.918. The molecular weight excluding hydrogens is 311 g/mol. The lowest BCUT2D eigenvalue weighted by atomic mass is 10.1. The van der Waals surface area contributed by atoms with Crippen molar-refractivity contribution in [1.29, 1.82) is 0 Å². The van der Waals surface area contributed by atoms with Crippen LogP contribution in [0.25, 0.3) is 0 Å². The van der Waals surface area contributed by atoms with Crippen molar-refractivity contribution in [3.05, 3.63) is 12.7 Å². The molecule has 0 atom stereocenters. The SMILES string of the molecule is C=CC[Si](C)(C)Cl.CC(=O)CC(C)C.C[Si](C)(C)Cl. The van der Waals surface area contributed by atoms with Gasteiger partial charge in [-0.25, -0.2) is 0 Å². The molecule has 116 valence electrons. The van der Waals surface area contributed by atoms with Crippen LogP contribution in [0.2, 0.25) is 38.8 Å². The van der Waals surface area contributed by atoms with E-state index in [1.807, 2.05) is 19.9 Å². The van der Waals surface area contributed by atoms with Crippen molar-refractivity contribution in [2.75, 3.05) is 0 Å². The first kappa shape index (κ1) is 24.4. The normalized spacial score (nSPS) is 10.9. The van der Waals surface area contributed by atoms with Crippen LogP contribution in [0.5, 0.6) is 0 Å². The van der Waals surface area contributed by atoms with Crippen LogP contribution >= 0.6 is 22.2 Å². The van der Waals surface area contributed by atoms with Crippen molar-refractivity contribution in [2.24, 2.45) is 5.92 Å². The van der Waals surface area contributed by atoms with Crippen LogP contribution in [0.1, 0.15) is 27.2 Å². The number of allylic oxidation sites excluding steroid dienone is 1. The molecule has 0 aliphatic rings. The van der Waals surface area contributed by atoms with E-state index in [1.165, 1.54) is 0 Å². The molecular formula is C14H32Cl2OSi2. The number of rotatable bonds is 4. The highest BCUT2D eigenvalue weighted by atomic mass is 35.6. The number of hydrogen-bond acceptors (Lipinski definition) is 1. The highest BCUT2D eigenvalue weighted by molar-refractivity contribution is 7.19. The summed E-state index contributed by atoms with van der Waals surface area (Å²) in [7, 11) is -2.44. The minimum atomic E-state index is -1.30. The first-order valence-electron chi connectivity index (χ1n) is 6.67. The predicted molar refractivity (Wildman–Crippen MR) is 97.7 cm³/mol. The Morgan fingerprint density at radius 2 is 1.47 bits per heavy atom. The van der Waals surface area contributed by atoms with E-state index in [9.17, 15) is 4.79 Å². The molecule has 0 aromatic carbocycles. The first-order chi connectivity index (χ1) is 8.19. The summed E-state index contributed by atoms with van der Waals surface area (Å²) in [5.74, 6) is 0.813.